The molecule has 1 amide bonds. The maximum absolute atomic E-state index is 12.3. The van der Waals surface area contributed by atoms with Crippen molar-refractivity contribution >= 4 is 28.6 Å². The number of nitrogens with zero attached hydrogens (tertiary/aromatic N) is 2. The maximum atomic E-state index is 12.3. The zero-order valence-corrected chi connectivity index (χ0v) is 15.4. The average Bonchev–Trinajstić information content (AvgIpc) is 2.89. The van der Waals surface area contributed by atoms with E-state index in [1.54, 1.807) is 22.8 Å². The Kier molecular flexibility index (Phi) is 5.49. The Morgan fingerprint density at radius 2 is 2.28 bits per heavy atom. The van der Waals surface area contributed by atoms with Crippen LogP contribution in [0, 0.1) is 0 Å². The molecule has 7 heteroatoms. The topological polar surface area (TPSA) is 67.5 Å². The molecule has 25 heavy (non-hydrogen) atoms. The molecule has 1 aliphatic rings. The second kappa shape index (κ2) is 7.62. The maximum Gasteiger partial charge on any atom is 0.420 e. The van der Waals surface area contributed by atoms with Crippen LogP contribution in [0.3, 0.4) is 0 Å². The Labute approximate surface area is 151 Å². The van der Waals surface area contributed by atoms with Crippen LogP contribution in [-0.4, -0.2) is 41.1 Å². The van der Waals surface area contributed by atoms with Crippen molar-refractivity contribution in [3.63, 3.8) is 0 Å². The first-order chi connectivity index (χ1) is 12.0. The van der Waals surface area contributed by atoms with Crippen molar-refractivity contribution in [1.82, 2.24) is 14.8 Å². The first-order valence-electron chi connectivity index (χ1n) is 8.80. The smallest absolute Gasteiger partial charge is 0.408 e. The minimum absolute atomic E-state index is 0.0163. The summed E-state index contributed by atoms with van der Waals surface area (Å²) >= 11 is 6.08. The van der Waals surface area contributed by atoms with Crippen molar-refractivity contribution in [2.45, 2.75) is 45.2 Å². The number of carbonyl (C=O) groups excluding carboxylic acids is 1. The number of amides is 1. The van der Waals surface area contributed by atoms with Crippen LogP contribution in [0.25, 0.3) is 11.1 Å². The summed E-state index contributed by atoms with van der Waals surface area (Å²) in [5, 5.41) is 3.56. The van der Waals surface area contributed by atoms with Crippen LogP contribution in [-0.2, 0) is 4.79 Å². The van der Waals surface area contributed by atoms with E-state index in [0.717, 1.165) is 25.8 Å². The number of benzene rings is 1. The molecule has 0 spiro atoms. The lowest BCUT2D eigenvalue weighted by atomic mass is 10.1. The molecule has 1 aliphatic heterocycles. The third kappa shape index (κ3) is 4.07. The fourth-order valence-electron chi connectivity index (χ4n) is 3.36. The highest BCUT2D eigenvalue weighted by atomic mass is 35.5. The second-order valence-electron chi connectivity index (χ2n) is 6.76. The number of carbonyl (C=O) groups is 1. The van der Waals surface area contributed by atoms with Gasteiger partial charge in [-0.25, -0.2) is 4.79 Å². The van der Waals surface area contributed by atoms with Crippen molar-refractivity contribution in [3.05, 3.63) is 33.8 Å². The van der Waals surface area contributed by atoms with Crippen LogP contribution in [0.4, 0.5) is 0 Å². The third-order valence-corrected chi connectivity index (χ3v) is 5.04. The molecular formula is C18H24ClN3O3. The zero-order chi connectivity index (χ0) is 18.0. The molecule has 1 N–H and O–H groups in total. The van der Waals surface area contributed by atoms with Gasteiger partial charge in [-0.05, 0) is 50.9 Å². The number of piperidine rings is 1. The number of aromatic nitrogens is 1. The molecule has 1 aromatic carbocycles. The van der Waals surface area contributed by atoms with E-state index in [2.05, 4.69) is 10.2 Å². The van der Waals surface area contributed by atoms with Crippen molar-refractivity contribution in [2.24, 2.45) is 0 Å². The predicted octanol–water partition coefficient (Wildman–Crippen LogP) is 2.80. The fraction of sp³-hybridized carbons (Fsp3) is 0.556. The molecule has 1 aromatic heterocycles. The molecule has 1 fully saturated rings. The molecule has 2 atom stereocenters. The highest BCUT2D eigenvalue weighted by molar-refractivity contribution is 6.31. The first-order valence-corrected chi connectivity index (χ1v) is 9.18. The summed E-state index contributed by atoms with van der Waals surface area (Å²) in [6.07, 6.45) is 2.72. The lowest BCUT2D eigenvalue weighted by molar-refractivity contribution is -0.123. The second-order valence-corrected chi connectivity index (χ2v) is 7.19. The summed E-state index contributed by atoms with van der Waals surface area (Å²) in [4.78, 5) is 26.6. The summed E-state index contributed by atoms with van der Waals surface area (Å²) < 4.78 is 7.02. The Hall–Kier alpha value is -1.79. The Balaban J connectivity index is 1.76. The molecule has 0 bridgehead atoms. The van der Waals surface area contributed by atoms with Crippen molar-refractivity contribution in [1.29, 1.82) is 0 Å². The van der Waals surface area contributed by atoms with E-state index in [1.165, 1.54) is 0 Å². The van der Waals surface area contributed by atoms with Crippen LogP contribution < -0.4 is 11.1 Å². The van der Waals surface area contributed by atoms with Crippen molar-refractivity contribution in [2.75, 3.05) is 19.6 Å². The summed E-state index contributed by atoms with van der Waals surface area (Å²) in [5.74, 6) is -0.337. The van der Waals surface area contributed by atoms with Crippen LogP contribution >= 0.6 is 11.6 Å². The zero-order valence-electron chi connectivity index (χ0n) is 14.6. The number of likely N-dealkylation sites (tertiary alicyclic amines) is 1. The molecule has 1 saturated heterocycles. The van der Waals surface area contributed by atoms with Gasteiger partial charge in [0.2, 0.25) is 5.91 Å². The third-order valence-electron chi connectivity index (χ3n) is 4.81. The highest BCUT2D eigenvalue weighted by Crippen LogP contribution is 2.26. The molecule has 2 heterocycles. The van der Waals surface area contributed by atoms with Crippen LogP contribution in [0.15, 0.2) is 27.4 Å². The molecule has 0 aliphatic carbocycles. The molecule has 136 valence electrons. The van der Waals surface area contributed by atoms with Gasteiger partial charge in [0.15, 0.2) is 5.58 Å². The monoisotopic (exact) mass is 365 g/mol. The van der Waals surface area contributed by atoms with E-state index in [0.29, 0.717) is 29.2 Å². The number of hydrogen-bond donors (Lipinski definition) is 1. The fourth-order valence-corrected chi connectivity index (χ4v) is 3.53. The lowest BCUT2D eigenvalue weighted by Crippen LogP contribution is -2.45. The summed E-state index contributed by atoms with van der Waals surface area (Å²) in [5.41, 5.74) is 1.26. The SMILES string of the molecule is CC[C@H](C)NC(=O)CN1CCC[C@@H](n2c(=O)oc3ccc(Cl)cc32)C1. The molecule has 0 radical (unpaired) electrons. The van der Waals surface area contributed by atoms with Crippen molar-refractivity contribution in [3.8, 4) is 0 Å². The van der Waals surface area contributed by atoms with Crippen LogP contribution in [0.2, 0.25) is 5.02 Å². The van der Waals surface area contributed by atoms with Crippen LogP contribution in [0.5, 0.6) is 0 Å². The normalized spacial score (nSPS) is 19.9. The van der Waals surface area contributed by atoms with Crippen LogP contribution in [0.1, 0.15) is 39.2 Å². The largest absolute Gasteiger partial charge is 0.420 e. The van der Waals surface area contributed by atoms with E-state index < -0.39 is 0 Å². The van der Waals surface area contributed by atoms with Gasteiger partial charge in [-0.1, -0.05) is 18.5 Å². The molecule has 2 aromatic rings. The number of nitrogens with one attached hydrogen (secondary N) is 1. The molecular weight excluding hydrogens is 342 g/mol. The van der Waals surface area contributed by atoms with Gasteiger partial charge in [0, 0.05) is 17.6 Å². The van der Waals surface area contributed by atoms with Gasteiger partial charge < -0.3 is 9.73 Å². The molecule has 0 unspecified atom stereocenters. The highest BCUT2D eigenvalue weighted by Gasteiger charge is 2.26. The van der Waals surface area contributed by atoms with E-state index in [-0.39, 0.29) is 23.7 Å². The quantitative estimate of drug-likeness (QED) is 0.884. The van der Waals surface area contributed by atoms with Gasteiger partial charge in [-0.15, -0.1) is 0 Å². The summed E-state index contributed by atoms with van der Waals surface area (Å²) in [7, 11) is 0. The van der Waals surface area contributed by atoms with Crippen molar-refractivity contribution < 1.29 is 9.21 Å². The molecule has 3 rings (SSSR count). The van der Waals surface area contributed by atoms with E-state index in [4.69, 9.17) is 16.0 Å². The van der Waals surface area contributed by atoms with E-state index in [9.17, 15) is 9.59 Å². The summed E-state index contributed by atoms with van der Waals surface area (Å²) in [6.45, 7) is 5.90. The lowest BCUT2D eigenvalue weighted by Gasteiger charge is -2.32. The minimum Gasteiger partial charge on any atom is -0.408 e. The van der Waals surface area contributed by atoms with Gasteiger partial charge >= 0.3 is 5.76 Å². The van der Waals surface area contributed by atoms with Gasteiger partial charge in [0.1, 0.15) is 0 Å². The van der Waals surface area contributed by atoms with Gasteiger partial charge in [-0.3, -0.25) is 14.3 Å². The van der Waals surface area contributed by atoms with Gasteiger partial charge in [0.25, 0.3) is 0 Å². The van der Waals surface area contributed by atoms with E-state index in [1.807, 2.05) is 13.8 Å². The molecule has 6 nitrogen and oxygen atoms in total. The molecule has 0 saturated carbocycles. The Morgan fingerprint density at radius 1 is 1.48 bits per heavy atom. The number of halogens is 1. The standard InChI is InChI=1S/C18H24ClN3O3/c1-3-12(2)20-17(23)11-21-8-4-5-14(10-21)22-15-9-13(19)6-7-16(15)25-18(22)24/h6-7,9,12,14H,3-5,8,10-11H2,1-2H3,(H,20,23)/t12-,14+/m0/s1. The number of fused-ring (bicyclic) bond motifs is 1. The minimum atomic E-state index is -0.367. The number of rotatable bonds is 5. The number of oxazole rings is 1. The predicted molar refractivity (Wildman–Crippen MR) is 98.1 cm³/mol. The Bertz CT molecular complexity index is 813. The Morgan fingerprint density at radius 3 is 3.04 bits per heavy atom. The number of hydrogen-bond acceptors (Lipinski definition) is 4. The average molecular weight is 366 g/mol. The first kappa shape index (κ1) is 18.0. The summed E-state index contributed by atoms with van der Waals surface area (Å²) in [6, 6.07) is 5.35. The van der Waals surface area contributed by atoms with E-state index >= 15 is 0 Å². The van der Waals surface area contributed by atoms with Gasteiger partial charge in [0.05, 0.1) is 18.1 Å². The van der Waals surface area contributed by atoms with Gasteiger partial charge in [-0.2, -0.15) is 0 Å².